The summed E-state index contributed by atoms with van der Waals surface area (Å²) >= 11 is 2.15. The van der Waals surface area contributed by atoms with E-state index in [1.807, 2.05) is 36.4 Å². The van der Waals surface area contributed by atoms with Gasteiger partial charge in [-0.05, 0) is 59.3 Å². The lowest BCUT2D eigenvalue weighted by Crippen LogP contribution is -2.18. The van der Waals surface area contributed by atoms with Crippen LogP contribution in [0.25, 0.3) is 0 Å². The zero-order valence-electron chi connectivity index (χ0n) is 11.4. The second-order valence-corrected chi connectivity index (χ2v) is 5.68. The Morgan fingerprint density at radius 2 is 2.15 bits per heavy atom. The van der Waals surface area contributed by atoms with Crippen LogP contribution in [-0.2, 0) is 11.3 Å². The number of nitrogens with one attached hydrogen (secondary N) is 2. The van der Waals surface area contributed by atoms with Crippen molar-refractivity contribution in [1.29, 1.82) is 0 Å². The van der Waals surface area contributed by atoms with Crippen LogP contribution >= 0.6 is 22.6 Å². The molecule has 0 aliphatic carbocycles. The molecule has 20 heavy (non-hydrogen) atoms. The molecule has 1 aromatic heterocycles. The van der Waals surface area contributed by atoms with E-state index >= 15 is 0 Å². The van der Waals surface area contributed by atoms with Crippen LogP contribution in [0.3, 0.4) is 0 Å². The SMILES string of the molecule is CC(=O)Nc1cccc(C(C)NCc2ccc(I)o2)c1. The molecule has 0 aliphatic rings. The molecule has 2 N–H and O–H groups in total. The molecule has 1 heterocycles. The average Bonchev–Trinajstić information content (AvgIpc) is 2.81. The summed E-state index contributed by atoms with van der Waals surface area (Å²) in [6.45, 7) is 4.27. The molecule has 5 heteroatoms. The van der Waals surface area contributed by atoms with Gasteiger partial charge in [0, 0.05) is 18.7 Å². The van der Waals surface area contributed by atoms with Gasteiger partial charge in [-0.2, -0.15) is 0 Å². The summed E-state index contributed by atoms with van der Waals surface area (Å²) < 4.78 is 6.40. The minimum absolute atomic E-state index is 0.0621. The van der Waals surface area contributed by atoms with Crippen LogP contribution in [0.4, 0.5) is 5.69 Å². The van der Waals surface area contributed by atoms with Gasteiger partial charge in [-0.3, -0.25) is 4.79 Å². The summed E-state index contributed by atoms with van der Waals surface area (Å²) in [5.74, 6) is 0.854. The highest BCUT2D eigenvalue weighted by molar-refractivity contribution is 14.1. The average molecular weight is 384 g/mol. The number of amides is 1. The van der Waals surface area contributed by atoms with Gasteiger partial charge in [0.15, 0.2) is 3.77 Å². The van der Waals surface area contributed by atoms with Crippen LogP contribution in [-0.4, -0.2) is 5.91 Å². The van der Waals surface area contributed by atoms with Crippen molar-refractivity contribution in [2.24, 2.45) is 0 Å². The Hall–Kier alpha value is -1.34. The number of hydrogen-bond donors (Lipinski definition) is 2. The second-order valence-electron chi connectivity index (χ2n) is 4.62. The molecular weight excluding hydrogens is 367 g/mol. The Bertz CT molecular complexity index is 595. The first-order valence-electron chi connectivity index (χ1n) is 6.40. The van der Waals surface area contributed by atoms with E-state index in [9.17, 15) is 4.79 Å². The van der Waals surface area contributed by atoms with Gasteiger partial charge in [0.05, 0.1) is 6.54 Å². The van der Waals surface area contributed by atoms with Gasteiger partial charge in [-0.25, -0.2) is 0 Å². The van der Waals surface area contributed by atoms with Gasteiger partial charge in [-0.15, -0.1) is 0 Å². The van der Waals surface area contributed by atoms with E-state index in [-0.39, 0.29) is 11.9 Å². The minimum atomic E-state index is -0.0621. The number of carbonyl (C=O) groups is 1. The first-order chi connectivity index (χ1) is 9.54. The maximum atomic E-state index is 11.1. The molecule has 1 aromatic carbocycles. The molecule has 1 unspecified atom stereocenters. The highest BCUT2D eigenvalue weighted by Gasteiger charge is 2.07. The highest BCUT2D eigenvalue weighted by atomic mass is 127. The Balaban J connectivity index is 1.97. The van der Waals surface area contributed by atoms with Crippen molar-refractivity contribution in [2.45, 2.75) is 26.4 Å². The fraction of sp³-hybridized carbons (Fsp3) is 0.267. The predicted octanol–water partition coefficient (Wildman–Crippen LogP) is 3.69. The van der Waals surface area contributed by atoms with E-state index in [1.165, 1.54) is 6.92 Å². The number of rotatable bonds is 5. The monoisotopic (exact) mass is 384 g/mol. The molecule has 0 fully saturated rings. The third-order valence-corrected chi connectivity index (χ3v) is 3.50. The fourth-order valence-corrected chi connectivity index (χ4v) is 2.37. The first kappa shape index (κ1) is 15.1. The largest absolute Gasteiger partial charge is 0.454 e. The Labute approximate surface area is 132 Å². The van der Waals surface area contributed by atoms with Crippen molar-refractivity contribution < 1.29 is 9.21 Å². The topological polar surface area (TPSA) is 54.3 Å². The molecule has 0 saturated carbocycles. The summed E-state index contributed by atoms with van der Waals surface area (Å²) in [6.07, 6.45) is 0. The van der Waals surface area contributed by atoms with E-state index in [2.05, 4.69) is 40.1 Å². The van der Waals surface area contributed by atoms with Gasteiger partial charge in [0.1, 0.15) is 5.76 Å². The Morgan fingerprint density at radius 1 is 1.35 bits per heavy atom. The fourth-order valence-electron chi connectivity index (χ4n) is 1.91. The maximum Gasteiger partial charge on any atom is 0.221 e. The molecule has 0 radical (unpaired) electrons. The molecule has 0 spiro atoms. The van der Waals surface area contributed by atoms with Crippen molar-refractivity contribution in [2.75, 3.05) is 5.32 Å². The molecule has 4 nitrogen and oxygen atoms in total. The first-order valence-corrected chi connectivity index (χ1v) is 7.47. The molecule has 1 atom stereocenters. The lowest BCUT2D eigenvalue weighted by Gasteiger charge is -2.14. The standard InChI is InChI=1S/C15H17IN2O2/c1-10(17-9-14-6-7-15(16)20-14)12-4-3-5-13(8-12)18-11(2)19/h3-8,10,17H,9H2,1-2H3,(H,18,19). The number of halogens is 1. The normalized spacial score (nSPS) is 12.2. The van der Waals surface area contributed by atoms with Gasteiger partial charge in [-0.1, -0.05) is 12.1 Å². The van der Waals surface area contributed by atoms with E-state index in [0.717, 1.165) is 20.8 Å². The smallest absolute Gasteiger partial charge is 0.221 e. The highest BCUT2D eigenvalue weighted by Crippen LogP contribution is 2.18. The van der Waals surface area contributed by atoms with Crippen molar-refractivity contribution in [3.63, 3.8) is 0 Å². The number of anilines is 1. The summed E-state index contributed by atoms with van der Waals surface area (Å²) in [5, 5.41) is 6.19. The molecule has 106 valence electrons. The van der Waals surface area contributed by atoms with Crippen molar-refractivity contribution >= 4 is 34.2 Å². The van der Waals surface area contributed by atoms with E-state index in [4.69, 9.17) is 4.42 Å². The van der Waals surface area contributed by atoms with Crippen molar-refractivity contribution in [1.82, 2.24) is 5.32 Å². The molecule has 1 amide bonds. The maximum absolute atomic E-state index is 11.1. The van der Waals surface area contributed by atoms with Crippen LogP contribution < -0.4 is 10.6 Å². The molecule has 0 bridgehead atoms. The molecule has 2 aromatic rings. The third-order valence-electron chi connectivity index (χ3n) is 2.92. The van der Waals surface area contributed by atoms with Crippen molar-refractivity contribution in [3.05, 3.63) is 51.5 Å². The number of hydrogen-bond acceptors (Lipinski definition) is 3. The second kappa shape index (κ2) is 6.90. The van der Waals surface area contributed by atoms with E-state index < -0.39 is 0 Å². The quantitative estimate of drug-likeness (QED) is 0.774. The van der Waals surface area contributed by atoms with Crippen LogP contribution in [0.2, 0.25) is 0 Å². The summed E-state index contributed by atoms with van der Waals surface area (Å²) in [4.78, 5) is 11.1. The zero-order chi connectivity index (χ0) is 14.5. The minimum Gasteiger partial charge on any atom is -0.454 e. The van der Waals surface area contributed by atoms with Gasteiger partial charge >= 0.3 is 0 Å². The summed E-state index contributed by atoms with van der Waals surface area (Å²) in [7, 11) is 0. The van der Waals surface area contributed by atoms with Gasteiger partial charge < -0.3 is 15.1 Å². The third kappa shape index (κ3) is 4.35. The molecule has 0 saturated heterocycles. The van der Waals surface area contributed by atoms with Gasteiger partial charge in [0.2, 0.25) is 5.91 Å². The van der Waals surface area contributed by atoms with Crippen molar-refractivity contribution in [3.8, 4) is 0 Å². The number of benzene rings is 1. The van der Waals surface area contributed by atoms with Crippen LogP contribution in [0, 0.1) is 3.77 Å². The summed E-state index contributed by atoms with van der Waals surface area (Å²) in [5.41, 5.74) is 1.94. The molecule has 2 rings (SSSR count). The molecule has 0 aliphatic heterocycles. The van der Waals surface area contributed by atoms with E-state index in [0.29, 0.717) is 6.54 Å². The number of furan rings is 1. The van der Waals surface area contributed by atoms with Crippen LogP contribution in [0.15, 0.2) is 40.8 Å². The van der Waals surface area contributed by atoms with Crippen LogP contribution in [0.1, 0.15) is 31.2 Å². The summed E-state index contributed by atoms with van der Waals surface area (Å²) in [6, 6.07) is 11.9. The zero-order valence-corrected chi connectivity index (χ0v) is 13.6. The number of carbonyl (C=O) groups excluding carboxylic acids is 1. The molecular formula is C15H17IN2O2. The van der Waals surface area contributed by atoms with Gasteiger partial charge in [0.25, 0.3) is 0 Å². The Kier molecular flexibility index (Phi) is 5.19. The lowest BCUT2D eigenvalue weighted by molar-refractivity contribution is -0.114. The lowest BCUT2D eigenvalue weighted by atomic mass is 10.1. The van der Waals surface area contributed by atoms with E-state index in [1.54, 1.807) is 0 Å². The van der Waals surface area contributed by atoms with Crippen LogP contribution in [0.5, 0.6) is 0 Å². The Morgan fingerprint density at radius 3 is 2.80 bits per heavy atom. The predicted molar refractivity (Wildman–Crippen MR) is 87.4 cm³/mol.